The molecular weight excluding hydrogens is 316 g/mol. The van der Waals surface area contributed by atoms with E-state index < -0.39 is 0 Å². The minimum Gasteiger partial charge on any atom is -0.322 e. The van der Waals surface area contributed by atoms with Crippen molar-refractivity contribution in [3.63, 3.8) is 0 Å². The van der Waals surface area contributed by atoms with Gasteiger partial charge in [-0.05, 0) is 48.9 Å². The molecule has 3 nitrogen and oxygen atoms in total. The monoisotopic (exact) mass is 328 g/mol. The second-order valence-electron chi connectivity index (χ2n) is 4.80. The van der Waals surface area contributed by atoms with E-state index in [9.17, 15) is 4.79 Å². The predicted molar refractivity (Wildman–Crippen MR) is 93.5 cm³/mol. The zero-order valence-electron chi connectivity index (χ0n) is 11.8. The van der Waals surface area contributed by atoms with Gasteiger partial charge in [0, 0.05) is 16.8 Å². The van der Waals surface area contributed by atoms with Crippen LogP contribution in [-0.2, 0) is 4.79 Å². The number of carbonyl (C=O) groups is 1. The minimum atomic E-state index is -0.190. The fourth-order valence-electron chi connectivity index (χ4n) is 2.05. The van der Waals surface area contributed by atoms with Gasteiger partial charge in [0.2, 0.25) is 5.91 Å². The van der Waals surface area contributed by atoms with E-state index in [1.54, 1.807) is 29.5 Å². The zero-order chi connectivity index (χ0) is 15.5. The van der Waals surface area contributed by atoms with Crippen LogP contribution in [0.4, 0.5) is 5.69 Å². The maximum absolute atomic E-state index is 12.0. The summed E-state index contributed by atoms with van der Waals surface area (Å²) >= 11 is 7.46. The highest BCUT2D eigenvalue weighted by molar-refractivity contribution is 7.19. The quantitative estimate of drug-likeness (QED) is 0.694. The lowest BCUT2D eigenvalue weighted by Gasteiger charge is -2.06. The highest BCUT2D eigenvalue weighted by Gasteiger charge is 2.04. The number of halogens is 1. The van der Waals surface area contributed by atoms with Gasteiger partial charge in [-0.25, -0.2) is 4.98 Å². The Morgan fingerprint density at radius 3 is 2.86 bits per heavy atom. The molecule has 3 aromatic rings. The summed E-state index contributed by atoms with van der Waals surface area (Å²) in [5.74, 6) is -0.190. The second kappa shape index (κ2) is 6.30. The Morgan fingerprint density at radius 1 is 1.27 bits per heavy atom. The molecule has 0 radical (unpaired) electrons. The molecule has 2 aromatic carbocycles. The smallest absolute Gasteiger partial charge is 0.248 e. The first kappa shape index (κ1) is 14.8. The van der Waals surface area contributed by atoms with E-state index in [1.807, 2.05) is 37.3 Å². The minimum absolute atomic E-state index is 0.190. The first-order chi connectivity index (χ1) is 10.6. The molecule has 0 saturated carbocycles. The molecule has 0 spiro atoms. The summed E-state index contributed by atoms with van der Waals surface area (Å²) < 4.78 is 1.11. The summed E-state index contributed by atoms with van der Waals surface area (Å²) in [6.45, 7) is 1.90. The molecule has 22 heavy (non-hydrogen) atoms. The number of rotatable bonds is 3. The van der Waals surface area contributed by atoms with Gasteiger partial charge in [0.05, 0.1) is 10.2 Å². The normalized spacial score (nSPS) is 11.2. The number of thiazole rings is 1. The van der Waals surface area contributed by atoms with Crippen LogP contribution in [0.2, 0.25) is 5.02 Å². The van der Waals surface area contributed by atoms with Crippen LogP contribution in [0.25, 0.3) is 16.3 Å². The van der Waals surface area contributed by atoms with Crippen LogP contribution >= 0.6 is 22.9 Å². The molecule has 110 valence electrons. The average molecular weight is 329 g/mol. The number of nitrogens with zero attached hydrogens (tertiary/aromatic N) is 1. The Balaban J connectivity index is 1.73. The summed E-state index contributed by atoms with van der Waals surface area (Å²) in [6.07, 6.45) is 3.22. The number of aryl methyl sites for hydroxylation is 1. The van der Waals surface area contributed by atoms with Gasteiger partial charge in [0.25, 0.3) is 0 Å². The summed E-state index contributed by atoms with van der Waals surface area (Å²) in [7, 11) is 0. The number of amides is 1. The van der Waals surface area contributed by atoms with Gasteiger partial charge in [0.15, 0.2) is 0 Å². The molecule has 1 amide bonds. The number of hydrogen-bond acceptors (Lipinski definition) is 3. The third-order valence-electron chi connectivity index (χ3n) is 3.13. The standard InChI is InChI=1S/C17H13ClN2OS/c1-11-10-12(18)6-7-13(11)19-16(21)8-9-17-20-14-4-2-3-5-15(14)22-17/h2-10H,1H3,(H,19,21)/b9-8+. The highest BCUT2D eigenvalue weighted by atomic mass is 35.5. The fourth-order valence-corrected chi connectivity index (χ4v) is 3.15. The van der Waals surface area contributed by atoms with Crippen LogP contribution in [-0.4, -0.2) is 10.9 Å². The third-order valence-corrected chi connectivity index (χ3v) is 4.37. The number of fused-ring (bicyclic) bond motifs is 1. The van der Waals surface area contributed by atoms with Crippen molar-refractivity contribution < 1.29 is 4.79 Å². The molecule has 1 N–H and O–H groups in total. The van der Waals surface area contributed by atoms with Gasteiger partial charge < -0.3 is 5.32 Å². The predicted octanol–water partition coefficient (Wildman–Crippen LogP) is 4.91. The van der Waals surface area contributed by atoms with Crippen molar-refractivity contribution in [1.29, 1.82) is 0 Å². The molecular formula is C17H13ClN2OS. The third kappa shape index (κ3) is 3.35. The molecule has 1 aromatic heterocycles. The molecule has 0 atom stereocenters. The van der Waals surface area contributed by atoms with E-state index in [2.05, 4.69) is 10.3 Å². The Kier molecular flexibility index (Phi) is 4.22. The highest BCUT2D eigenvalue weighted by Crippen LogP contribution is 2.23. The van der Waals surface area contributed by atoms with Crippen LogP contribution in [0.5, 0.6) is 0 Å². The number of nitrogens with one attached hydrogen (secondary N) is 1. The zero-order valence-corrected chi connectivity index (χ0v) is 13.4. The van der Waals surface area contributed by atoms with E-state index in [1.165, 1.54) is 6.08 Å². The lowest BCUT2D eigenvalue weighted by molar-refractivity contribution is -0.111. The van der Waals surface area contributed by atoms with Crippen LogP contribution in [0.1, 0.15) is 10.6 Å². The van der Waals surface area contributed by atoms with Gasteiger partial charge >= 0.3 is 0 Å². The maximum atomic E-state index is 12.0. The Morgan fingerprint density at radius 2 is 2.09 bits per heavy atom. The molecule has 0 fully saturated rings. The Hall–Kier alpha value is -2.17. The molecule has 0 bridgehead atoms. The van der Waals surface area contributed by atoms with Crippen LogP contribution < -0.4 is 5.32 Å². The number of benzene rings is 2. The molecule has 5 heteroatoms. The van der Waals surface area contributed by atoms with Crippen molar-refractivity contribution in [3.8, 4) is 0 Å². The molecule has 0 unspecified atom stereocenters. The molecule has 1 heterocycles. The van der Waals surface area contributed by atoms with Gasteiger partial charge in [-0.3, -0.25) is 4.79 Å². The van der Waals surface area contributed by atoms with Gasteiger partial charge in [0.1, 0.15) is 5.01 Å². The van der Waals surface area contributed by atoms with Gasteiger partial charge in [-0.2, -0.15) is 0 Å². The fraction of sp³-hybridized carbons (Fsp3) is 0.0588. The van der Waals surface area contributed by atoms with Crippen molar-refractivity contribution in [3.05, 3.63) is 64.1 Å². The number of anilines is 1. The van der Waals surface area contributed by atoms with Gasteiger partial charge in [-0.1, -0.05) is 23.7 Å². The number of hydrogen-bond donors (Lipinski definition) is 1. The first-order valence-electron chi connectivity index (χ1n) is 6.72. The van der Waals surface area contributed by atoms with Crippen molar-refractivity contribution >= 4 is 50.8 Å². The molecule has 0 aliphatic rings. The SMILES string of the molecule is Cc1cc(Cl)ccc1NC(=O)/C=C/c1nc2ccccc2s1. The summed E-state index contributed by atoms with van der Waals surface area (Å²) in [6, 6.07) is 13.3. The van der Waals surface area contributed by atoms with Crippen LogP contribution in [0.15, 0.2) is 48.5 Å². The molecule has 0 aliphatic heterocycles. The maximum Gasteiger partial charge on any atom is 0.248 e. The lowest BCUT2D eigenvalue weighted by Crippen LogP contribution is -2.08. The van der Waals surface area contributed by atoms with Crippen LogP contribution in [0.3, 0.4) is 0 Å². The summed E-state index contributed by atoms with van der Waals surface area (Å²) in [5, 5.41) is 4.30. The second-order valence-corrected chi connectivity index (χ2v) is 6.30. The molecule has 0 saturated heterocycles. The van der Waals surface area contributed by atoms with E-state index in [4.69, 9.17) is 11.6 Å². The first-order valence-corrected chi connectivity index (χ1v) is 7.92. The number of para-hydroxylation sites is 1. The molecule has 3 rings (SSSR count). The van der Waals surface area contributed by atoms with Crippen molar-refractivity contribution in [1.82, 2.24) is 4.98 Å². The lowest BCUT2D eigenvalue weighted by atomic mass is 10.2. The summed E-state index contributed by atoms with van der Waals surface area (Å²) in [5.41, 5.74) is 2.62. The molecule has 0 aliphatic carbocycles. The topological polar surface area (TPSA) is 42.0 Å². The van der Waals surface area contributed by atoms with E-state index in [0.29, 0.717) is 5.02 Å². The van der Waals surface area contributed by atoms with Crippen molar-refractivity contribution in [2.24, 2.45) is 0 Å². The van der Waals surface area contributed by atoms with Crippen molar-refractivity contribution in [2.45, 2.75) is 6.92 Å². The number of aromatic nitrogens is 1. The van der Waals surface area contributed by atoms with E-state index in [0.717, 1.165) is 26.5 Å². The number of carbonyl (C=O) groups excluding carboxylic acids is 1. The average Bonchev–Trinajstić information content (AvgIpc) is 2.91. The largest absolute Gasteiger partial charge is 0.322 e. The Bertz CT molecular complexity index is 837. The van der Waals surface area contributed by atoms with E-state index in [-0.39, 0.29) is 5.91 Å². The van der Waals surface area contributed by atoms with Gasteiger partial charge in [-0.15, -0.1) is 11.3 Å². The Labute approximate surface area is 137 Å². The van der Waals surface area contributed by atoms with Crippen LogP contribution in [0, 0.1) is 6.92 Å². The van der Waals surface area contributed by atoms with Crippen molar-refractivity contribution in [2.75, 3.05) is 5.32 Å². The van der Waals surface area contributed by atoms with E-state index >= 15 is 0 Å². The summed E-state index contributed by atoms with van der Waals surface area (Å²) in [4.78, 5) is 16.4.